The van der Waals surface area contributed by atoms with Crippen molar-refractivity contribution in [3.05, 3.63) is 52.2 Å². The summed E-state index contributed by atoms with van der Waals surface area (Å²) >= 11 is 1.56. The van der Waals surface area contributed by atoms with E-state index in [9.17, 15) is 4.39 Å². The van der Waals surface area contributed by atoms with Gasteiger partial charge in [-0.2, -0.15) is 0 Å². The molecule has 3 heteroatoms. The Kier molecular flexibility index (Phi) is 2.36. The van der Waals surface area contributed by atoms with Gasteiger partial charge in [-0.1, -0.05) is 12.1 Å². The first-order chi connectivity index (χ1) is 6.34. The Morgan fingerprint density at radius 2 is 2.08 bits per heavy atom. The number of rotatable bonds is 2. The molecule has 0 aliphatic rings. The van der Waals surface area contributed by atoms with Crippen molar-refractivity contribution in [1.82, 2.24) is 4.98 Å². The first-order valence-electron chi connectivity index (χ1n) is 3.89. The van der Waals surface area contributed by atoms with Gasteiger partial charge in [0.2, 0.25) is 0 Å². The Bertz CT molecular complexity index is 366. The van der Waals surface area contributed by atoms with Crippen LogP contribution in [0.25, 0.3) is 0 Å². The van der Waals surface area contributed by atoms with Crippen LogP contribution in [0.1, 0.15) is 10.4 Å². The molecule has 1 aromatic heterocycles. The Morgan fingerprint density at radius 3 is 2.69 bits per heavy atom. The van der Waals surface area contributed by atoms with E-state index < -0.39 is 0 Å². The summed E-state index contributed by atoms with van der Waals surface area (Å²) in [6.07, 6.45) is 3.66. The molecule has 0 unspecified atom stereocenters. The van der Waals surface area contributed by atoms with Gasteiger partial charge in [0.05, 0.1) is 5.51 Å². The molecule has 2 aromatic rings. The smallest absolute Gasteiger partial charge is 0.123 e. The molecule has 1 aromatic carbocycles. The maximum absolute atomic E-state index is 12.5. The number of halogens is 1. The van der Waals surface area contributed by atoms with E-state index in [1.165, 1.54) is 12.1 Å². The van der Waals surface area contributed by atoms with Gasteiger partial charge in [-0.3, -0.25) is 0 Å². The Morgan fingerprint density at radius 1 is 1.31 bits per heavy atom. The van der Waals surface area contributed by atoms with E-state index >= 15 is 0 Å². The van der Waals surface area contributed by atoms with E-state index in [0.29, 0.717) is 0 Å². The number of thiazole rings is 1. The van der Waals surface area contributed by atoms with Gasteiger partial charge >= 0.3 is 0 Å². The molecule has 0 fully saturated rings. The minimum atomic E-state index is -0.197. The number of hydrogen-bond donors (Lipinski definition) is 0. The van der Waals surface area contributed by atoms with Gasteiger partial charge in [0.25, 0.3) is 0 Å². The fourth-order valence-electron chi connectivity index (χ4n) is 1.08. The van der Waals surface area contributed by atoms with Crippen molar-refractivity contribution < 1.29 is 4.39 Å². The fraction of sp³-hybridized carbons (Fsp3) is 0.100. The topological polar surface area (TPSA) is 12.9 Å². The van der Waals surface area contributed by atoms with Gasteiger partial charge in [0.15, 0.2) is 0 Å². The van der Waals surface area contributed by atoms with Crippen molar-refractivity contribution in [2.45, 2.75) is 6.42 Å². The summed E-state index contributed by atoms with van der Waals surface area (Å²) in [4.78, 5) is 4.93. The van der Waals surface area contributed by atoms with Crippen molar-refractivity contribution in [2.75, 3.05) is 0 Å². The molecule has 0 N–H and O–H groups in total. The molecule has 0 saturated carbocycles. The molecule has 0 saturated heterocycles. The summed E-state index contributed by atoms with van der Waals surface area (Å²) in [7, 11) is 0. The summed E-state index contributed by atoms with van der Waals surface area (Å²) < 4.78 is 12.5. The maximum Gasteiger partial charge on any atom is 0.123 e. The van der Waals surface area contributed by atoms with E-state index in [-0.39, 0.29) is 5.82 Å². The molecule has 0 bridgehead atoms. The molecule has 65 valence electrons. The maximum atomic E-state index is 12.5. The molecule has 1 radical (unpaired) electrons. The Labute approximate surface area is 79.9 Å². The van der Waals surface area contributed by atoms with E-state index in [1.807, 2.05) is 0 Å². The molecule has 0 spiro atoms. The van der Waals surface area contributed by atoms with Gasteiger partial charge in [0, 0.05) is 11.3 Å². The van der Waals surface area contributed by atoms with Crippen LogP contribution in [-0.2, 0) is 6.42 Å². The molecule has 0 aliphatic heterocycles. The Hall–Kier alpha value is -1.22. The normalized spacial score (nSPS) is 10.2. The van der Waals surface area contributed by atoms with E-state index in [2.05, 4.69) is 11.2 Å². The van der Waals surface area contributed by atoms with Crippen LogP contribution in [0.5, 0.6) is 0 Å². The zero-order valence-electron chi connectivity index (χ0n) is 6.83. The third-order valence-electron chi connectivity index (χ3n) is 1.71. The zero-order chi connectivity index (χ0) is 9.10. The predicted octanol–water partition coefficient (Wildman–Crippen LogP) is 2.67. The average Bonchev–Trinajstić information content (AvgIpc) is 2.62. The van der Waals surface area contributed by atoms with E-state index in [4.69, 9.17) is 0 Å². The second-order valence-electron chi connectivity index (χ2n) is 2.69. The molecule has 1 heterocycles. The monoisotopic (exact) mass is 192 g/mol. The van der Waals surface area contributed by atoms with Crippen LogP contribution < -0.4 is 0 Å². The molecule has 0 atom stereocenters. The lowest BCUT2D eigenvalue weighted by Crippen LogP contribution is -1.84. The number of nitrogens with zero attached hydrogens (tertiary/aromatic N) is 1. The highest BCUT2D eigenvalue weighted by molar-refractivity contribution is 7.09. The summed E-state index contributed by atoms with van der Waals surface area (Å²) in [5.41, 5.74) is 2.83. The molecular formula is C10H7FNS. The lowest BCUT2D eigenvalue weighted by Gasteiger charge is -1.96. The van der Waals surface area contributed by atoms with Crippen molar-refractivity contribution in [2.24, 2.45) is 0 Å². The van der Waals surface area contributed by atoms with Crippen LogP contribution in [0.4, 0.5) is 4.39 Å². The van der Waals surface area contributed by atoms with Crippen molar-refractivity contribution in [3.8, 4) is 0 Å². The third-order valence-corrected chi connectivity index (χ3v) is 2.45. The van der Waals surface area contributed by atoms with Crippen LogP contribution in [0, 0.1) is 12.0 Å². The quantitative estimate of drug-likeness (QED) is 0.712. The first-order valence-corrected chi connectivity index (χ1v) is 4.77. The molecule has 13 heavy (non-hydrogen) atoms. The molecule has 1 nitrogen and oxygen atoms in total. The predicted molar refractivity (Wildman–Crippen MR) is 50.2 cm³/mol. The second kappa shape index (κ2) is 3.66. The zero-order valence-corrected chi connectivity index (χ0v) is 7.64. The SMILES string of the molecule is Fc1ccc(Cc2[c]ncs2)cc1. The minimum Gasteiger partial charge on any atom is -0.243 e. The average molecular weight is 192 g/mol. The highest BCUT2D eigenvalue weighted by atomic mass is 32.1. The van der Waals surface area contributed by atoms with Gasteiger partial charge in [-0.15, -0.1) is 11.3 Å². The highest BCUT2D eigenvalue weighted by Crippen LogP contribution is 2.12. The summed E-state index contributed by atoms with van der Waals surface area (Å²) in [5, 5.41) is 0. The largest absolute Gasteiger partial charge is 0.243 e. The Balaban J connectivity index is 2.15. The number of benzene rings is 1. The van der Waals surface area contributed by atoms with Gasteiger partial charge in [-0.25, -0.2) is 9.37 Å². The molecular weight excluding hydrogens is 185 g/mol. The molecule has 0 aliphatic carbocycles. The summed E-state index contributed by atoms with van der Waals surface area (Å²) in [5.74, 6) is -0.197. The number of hydrogen-bond acceptors (Lipinski definition) is 2. The standard InChI is InChI=1S/C10H7FNS/c11-9-3-1-8(2-4-9)5-10-6-12-7-13-10/h1-4,7H,5H2. The van der Waals surface area contributed by atoms with Crippen LogP contribution in [0.3, 0.4) is 0 Å². The minimum absolute atomic E-state index is 0.197. The van der Waals surface area contributed by atoms with E-state index in [0.717, 1.165) is 16.9 Å². The lowest BCUT2D eigenvalue weighted by atomic mass is 10.1. The first kappa shape index (κ1) is 8.38. The third kappa shape index (κ3) is 2.12. The second-order valence-corrected chi connectivity index (χ2v) is 3.63. The molecule has 0 amide bonds. The van der Waals surface area contributed by atoms with Crippen molar-refractivity contribution >= 4 is 11.3 Å². The van der Waals surface area contributed by atoms with Gasteiger partial charge < -0.3 is 0 Å². The van der Waals surface area contributed by atoms with Crippen molar-refractivity contribution in [3.63, 3.8) is 0 Å². The van der Waals surface area contributed by atoms with Crippen LogP contribution in [0.15, 0.2) is 29.8 Å². The summed E-state index contributed by atoms with van der Waals surface area (Å²) in [6.45, 7) is 0. The molecule has 2 rings (SSSR count). The number of aromatic nitrogens is 1. The van der Waals surface area contributed by atoms with E-state index in [1.54, 1.807) is 29.0 Å². The van der Waals surface area contributed by atoms with Gasteiger partial charge in [-0.05, 0) is 17.7 Å². The van der Waals surface area contributed by atoms with Crippen LogP contribution in [-0.4, -0.2) is 4.98 Å². The van der Waals surface area contributed by atoms with Gasteiger partial charge in [0.1, 0.15) is 12.0 Å². The van der Waals surface area contributed by atoms with Crippen LogP contribution >= 0.6 is 11.3 Å². The van der Waals surface area contributed by atoms with Crippen molar-refractivity contribution in [1.29, 1.82) is 0 Å². The summed E-state index contributed by atoms with van der Waals surface area (Å²) in [6, 6.07) is 6.50. The fourth-order valence-corrected chi connectivity index (χ4v) is 1.67. The lowest BCUT2D eigenvalue weighted by molar-refractivity contribution is 0.627. The highest BCUT2D eigenvalue weighted by Gasteiger charge is 1.98. The van der Waals surface area contributed by atoms with Crippen LogP contribution in [0.2, 0.25) is 0 Å².